The van der Waals surface area contributed by atoms with Gasteiger partial charge in [0.05, 0.1) is 6.54 Å². The SMILES string of the molecule is CN(C)C1CCCN(CC(=O)c2ccc3c(c2)OCO3)C1. The average molecular weight is 290 g/mol. The van der Waals surface area contributed by atoms with Gasteiger partial charge in [0.15, 0.2) is 17.3 Å². The molecule has 114 valence electrons. The Kier molecular flexibility index (Phi) is 4.12. The highest BCUT2D eigenvalue weighted by Gasteiger charge is 2.24. The topological polar surface area (TPSA) is 42.0 Å². The number of ether oxygens (including phenoxy) is 2. The van der Waals surface area contributed by atoms with Crippen molar-refractivity contribution in [1.82, 2.24) is 9.80 Å². The van der Waals surface area contributed by atoms with Crippen molar-refractivity contribution in [2.45, 2.75) is 18.9 Å². The van der Waals surface area contributed by atoms with Gasteiger partial charge in [0, 0.05) is 18.2 Å². The molecule has 0 aliphatic carbocycles. The predicted octanol–water partition coefficient (Wildman–Crippen LogP) is 1.62. The maximum atomic E-state index is 12.4. The van der Waals surface area contributed by atoms with Crippen LogP contribution in [0.5, 0.6) is 11.5 Å². The zero-order chi connectivity index (χ0) is 14.8. The summed E-state index contributed by atoms with van der Waals surface area (Å²) < 4.78 is 10.6. The Balaban J connectivity index is 1.63. The lowest BCUT2D eigenvalue weighted by Gasteiger charge is -2.35. The smallest absolute Gasteiger partial charge is 0.231 e. The molecule has 2 aliphatic heterocycles. The first-order chi connectivity index (χ1) is 10.1. The van der Waals surface area contributed by atoms with Crippen molar-refractivity contribution in [3.63, 3.8) is 0 Å². The highest BCUT2D eigenvalue weighted by Crippen LogP contribution is 2.32. The van der Waals surface area contributed by atoms with Gasteiger partial charge in [-0.15, -0.1) is 0 Å². The van der Waals surface area contributed by atoms with E-state index < -0.39 is 0 Å². The molecule has 1 saturated heterocycles. The molecular formula is C16H22N2O3. The summed E-state index contributed by atoms with van der Waals surface area (Å²) in [4.78, 5) is 16.9. The fraction of sp³-hybridized carbons (Fsp3) is 0.562. The number of carbonyl (C=O) groups is 1. The summed E-state index contributed by atoms with van der Waals surface area (Å²) in [6.07, 6.45) is 2.36. The zero-order valence-corrected chi connectivity index (χ0v) is 12.7. The van der Waals surface area contributed by atoms with Crippen LogP contribution in [0.15, 0.2) is 18.2 Å². The molecule has 1 aromatic carbocycles. The molecule has 1 unspecified atom stereocenters. The molecule has 1 fully saturated rings. The lowest BCUT2D eigenvalue weighted by molar-refractivity contribution is 0.0852. The number of hydrogen-bond donors (Lipinski definition) is 0. The average Bonchev–Trinajstić information content (AvgIpc) is 2.94. The van der Waals surface area contributed by atoms with Crippen molar-refractivity contribution in [3.05, 3.63) is 23.8 Å². The lowest BCUT2D eigenvalue weighted by atomic mass is 10.0. The number of rotatable bonds is 4. The minimum Gasteiger partial charge on any atom is -0.454 e. The molecule has 0 bridgehead atoms. The van der Waals surface area contributed by atoms with Gasteiger partial charge in [0.2, 0.25) is 6.79 Å². The molecule has 0 N–H and O–H groups in total. The van der Waals surface area contributed by atoms with E-state index in [0.717, 1.165) is 25.3 Å². The van der Waals surface area contributed by atoms with Crippen LogP contribution >= 0.6 is 0 Å². The first-order valence-electron chi connectivity index (χ1n) is 7.45. The van der Waals surface area contributed by atoms with Crippen molar-refractivity contribution >= 4 is 5.78 Å². The van der Waals surface area contributed by atoms with Gasteiger partial charge in [0.25, 0.3) is 0 Å². The van der Waals surface area contributed by atoms with E-state index in [1.54, 1.807) is 6.07 Å². The Hall–Kier alpha value is -1.59. The molecule has 3 rings (SSSR count). The van der Waals surface area contributed by atoms with Crippen molar-refractivity contribution in [2.24, 2.45) is 0 Å². The lowest BCUT2D eigenvalue weighted by Crippen LogP contribution is -2.46. The molecule has 0 amide bonds. The Bertz CT molecular complexity index is 530. The fourth-order valence-corrected chi connectivity index (χ4v) is 2.96. The molecule has 0 aromatic heterocycles. The normalized spacial score (nSPS) is 21.8. The van der Waals surface area contributed by atoms with Crippen LogP contribution in [0.4, 0.5) is 0 Å². The number of likely N-dealkylation sites (tertiary alicyclic amines) is 1. The Labute approximate surface area is 125 Å². The van der Waals surface area contributed by atoms with Crippen LogP contribution in [-0.2, 0) is 0 Å². The number of hydrogen-bond acceptors (Lipinski definition) is 5. The van der Waals surface area contributed by atoms with E-state index in [-0.39, 0.29) is 12.6 Å². The van der Waals surface area contributed by atoms with Crippen LogP contribution in [0, 0.1) is 0 Å². The highest BCUT2D eigenvalue weighted by atomic mass is 16.7. The van der Waals surface area contributed by atoms with Crippen LogP contribution in [0.25, 0.3) is 0 Å². The summed E-state index contributed by atoms with van der Waals surface area (Å²) in [6.45, 7) is 2.68. The number of piperidine rings is 1. The van der Waals surface area contributed by atoms with Gasteiger partial charge in [-0.1, -0.05) is 0 Å². The molecule has 0 radical (unpaired) electrons. The number of carbonyl (C=O) groups excluding carboxylic acids is 1. The summed E-state index contributed by atoms with van der Waals surface area (Å²) in [7, 11) is 4.21. The summed E-state index contributed by atoms with van der Waals surface area (Å²) >= 11 is 0. The maximum absolute atomic E-state index is 12.4. The van der Waals surface area contributed by atoms with Crippen LogP contribution in [0.3, 0.4) is 0 Å². The third-order valence-electron chi connectivity index (χ3n) is 4.27. The molecular weight excluding hydrogens is 268 g/mol. The summed E-state index contributed by atoms with van der Waals surface area (Å²) in [5.74, 6) is 1.54. The van der Waals surface area contributed by atoms with E-state index in [1.165, 1.54) is 6.42 Å². The van der Waals surface area contributed by atoms with Crippen LogP contribution in [0.1, 0.15) is 23.2 Å². The molecule has 0 saturated carbocycles. The fourth-order valence-electron chi connectivity index (χ4n) is 2.96. The number of Topliss-reactive ketones (excluding diaryl/α,β-unsaturated/α-hetero) is 1. The second-order valence-corrected chi connectivity index (χ2v) is 5.99. The number of nitrogens with zero attached hydrogens (tertiary/aromatic N) is 2. The minimum atomic E-state index is 0.146. The van der Waals surface area contributed by atoms with Gasteiger partial charge in [0.1, 0.15) is 0 Å². The molecule has 1 atom stereocenters. The summed E-state index contributed by atoms with van der Waals surface area (Å²) in [5, 5.41) is 0. The second-order valence-electron chi connectivity index (χ2n) is 5.99. The highest BCUT2D eigenvalue weighted by molar-refractivity contribution is 5.98. The minimum absolute atomic E-state index is 0.146. The Morgan fingerprint density at radius 3 is 2.95 bits per heavy atom. The van der Waals surface area contributed by atoms with Gasteiger partial charge in [-0.3, -0.25) is 9.69 Å². The van der Waals surface area contributed by atoms with E-state index in [9.17, 15) is 4.79 Å². The number of ketones is 1. The molecule has 0 spiro atoms. The van der Waals surface area contributed by atoms with Crippen LogP contribution in [-0.4, -0.2) is 62.1 Å². The van der Waals surface area contributed by atoms with Gasteiger partial charge in [-0.25, -0.2) is 0 Å². The first kappa shape index (κ1) is 14.4. The summed E-state index contributed by atoms with van der Waals surface area (Å²) in [5.41, 5.74) is 0.700. The number of likely N-dealkylation sites (N-methyl/N-ethyl adjacent to an activating group) is 1. The van der Waals surface area contributed by atoms with E-state index in [4.69, 9.17) is 9.47 Å². The zero-order valence-electron chi connectivity index (χ0n) is 12.7. The summed E-state index contributed by atoms with van der Waals surface area (Å²) in [6, 6.07) is 5.97. The van der Waals surface area contributed by atoms with Crippen LogP contribution in [0.2, 0.25) is 0 Å². The molecule has 2 aliphatic rings. The largest absolute Gasteiger partial charge is 0.454 e. The first-order valence-corrected chi connectivity index (χ1v) is 7.45. The third kappa shape index (κ3) is 3.19. The molecule has 2 heterocycles. The van der Waals surface area contributed by atoms with Crippen molar-refractivity contribution < 1.29 is 14.3 Å². The van der Waals surface area contributed by atoms with Gasteiger partial charge in [-0.2, -0.15) is 0 Å². The molecule has 1 aromatic rings. The molecule has 21 heavy (non-hydrogen) atoms. The molecule has 5 nitrogen and oxygen atoms in total. The Morgan fingerprint density at radius 1 is 1.33 bits per heavy atom. The quantitative estimate of drug-likeness (QED) is 0.788. The van der Waals surface area contributed by atoms with E-state index in [2.05, 4.69) is 23.9 Å². The number of fused-ring (bicyclic) bond motifs is 1. The third-order valence-corrected chi connectivity index (χ3v) is 4.27. The van der Waals surface area contributed by atoms with Crippen molar-refractivity contribution in [3.8, 4) is 11.5 Å². The predicted molar refractivity (Wildman–Crippen MR) is 80.0 cm³/mol. The van der Waals surface area contributed by atoms with E-state index in [0.29, 0.717) is 23.9 Å². The molecule has 5 heteroatoms. The Morgan fingerprint density at radius 2 is 2.14 bits per heavy atom. The number of benzene rings is 1. The second kappa shape index (κ2) is 6.03. The van der Waals surface area contributed by atoms with Crippen LogP contribution < -0.4 is 9.47 Å². The van der Waals surface area contributed by atoms with E-state index >= 15 is 0 Å². The maximum Gasteiger partial charge on any atom is 0.231 e. The van der Waals surface area contributed by atoms with E-state index in [1.807, 2.05) is 12.1 Å². The van der Waals surface area contributed by atoms with Gasteiger partial charge >= 0.3 is 0 Å². The van der Waals surface area contributed by atoms with Crippen molar-refractivity contribution in [2.75, 3.05) is 40.5 Å². The van der Waals surface area contributed by atoms with Gasteiger partial charge < -0.3 is 14.4 Å². The monoisotopic (exact) mass is 290 g/mol. The standard InChI is InChI=1S/C16H22N2O3/c1-17(2)13-4-3-7-18(9-13)10-14(19)12-5-6-15-16(8-12)21-11-20-15/h5-6,8,13H,3-4,7,9-11H2,1-2H3. The van der Waals surface area contributed by atoms with Gasteiger partial charge in [-0.05, 0) is 51.7 Å². The van der Waals surface area contributed by atoms with Crippen molar-refractivity contribution in [1.29, 1.82) is 0 Å².